The Bertz CT molecular complexity index is 173. The summed E-state index contributed by atoms with van der Waals surface area (Å²) in [5.74, 6) is -0.722. The predicted molar refractivity (Wildman–Crippen MR) is 34.8 cm³/mol. The first-order chi connectivity index (χ1) is 4.73. The van der Waals surface area contributed by atoms with Crippen molar-refractivity contribution in [3.05, 3.63) is 0 Å². The second-order valence-electron chi connectivity index (χ2n) is 3.05. The Morgan fingerprint density at radius 1 is 1.70 bits per heavy atom. The molecular formula is C6H10N2O2. The van der Waals surface area contributed by atoms with Crippen LogP contribution in [-0.4, -0.2) is 35.7 Å². The lowest BCUT2D eigenvalue weighted by Crippen LogP contribution is -2.54. The van der Waals surface area contributed by atoms with Gasteiger partial charge in [0.1, 0.15) is 5.54 Å². The standard InChI is InChI=1S/C6H10N2O2/c9-5(10)6-1-4(2-8-6)7-3-6/h4,7-8H,1-3H2,(H,9,10)/t4-,6?/m1/s1. The molecule has 2 aliphatic heterocycles. The van der Waals surface area contributed by atoms with Gasteiger partial charge in [-0.2, -0.15) is 0 Å². The number of rotatable bonds is 1. The highest BCUT2D eigenvalue weighted by atomic mass is 16.4. The molecule has 2 heterocycles. The van der Waals surface area contributed by atoms with Crippen LogP contribution in [0.5, 0.6) is 0 Å². The largest absolute Gasteiger partial charge is 0.480 e. The molecule has 4 nitrogen and oxygen atoms in total. The monoisotopic (exact) mass is 142 g/mol. The smallest absolute Gasteiger partial charge is 0.325 e. The number of carbonyl (C=O) groups is 1. The van der Waals surface area contributed by atoms with Crippen molar-refractivity contribution in [1.29, 1.82) is 0 Å². The van der Waals surface area contributed by atoms with E-state index >= 15 is 0 Å². The van der Waals surface area contributed by atoms with Crippen molar-refractivity contribution < 1.29 is 9.90 Å². The fourth-order valence-electron chi connectivity index (χ4n) is 1.72. The van der Waals surface area contributed by atoms with Crippen molar-refractivity contribution in [2.75, 3.05) is 13.1 Å². The molecule has 4 heteroatoms. The number of aliphatic carboxylic acids is 1. The average molecular weight is 142 g/mol. The Hall–Kier alpha value is -0.610. The van der Waals surface area contributed by atoms with Gasteiger partial charge in [0.05, 0.1) is 0 Å². The number of fused-ring (bicyclic) bond motifs is 2. The van der Waals surface area contributed by atoms with E-state index in [1.807, 2.05) is 0 Å². The van der Waals surface area contributed by atoms with Gasteiger partial charge in [-0.05, 0) is 6.42 Å². The first-order valence-corrected chi connectivity index (χ1v) is 3.45. The van der Waals surface area contributed by atoms with Crippen LogP contribution in [0.15, 0.2) is 0 Å². The second-order valence-corrected chi connectivity index (χ2v) is 3.05. The summed E-state index contributed by atoms with van der Waals surface area (Å²) in [4.78, 5) is 10.7. The van der Waals surface area contributed by atoms with Gasteiger partial charge in [0.15, 0.2) is 0 Å². The Labute approximate surface area is 58.6 Å². The van der Waals surface area contributed by atoms with Crippen molar-refractivity contribution in [2.45, 2.75) is 18.0 Å². The zero-order valence-corrected chi connectivity index (χ0v) is 5.55. The van der Waals surface area contributed by atoms with E-state index in [0.29, 0.717) is 12.6 Å². The minimum atomic E-state index is -0.722. The fourth-order valence-corrected chi connectivity index (χ4v) is 1.72. The molecule has 2 aliphatic rings. The van der Waals surface area contributed by atoms with Gasteiger partial charge < -0.3 is 10.4 Å². The number of carboxylic acids is 1. The highest BCUT2D eigenvalue weighted by Crippen LogP contribution is 2.25. The fraction of sp³-hybridized carbons (Fsp3) is 0.833. The lowest BCUT2D eigenvalue weighted by molar-refractivity contribution is -0.143. The van der Waals surface area contributed by atoms with Gasteiger partial charge in [-0.15, -0.1) is 0 Å². The van der Waals surface area contributed by atoms with Gasteiger partial charge in [-0.3, -0.25) is 10.1 Å². The lowest BCUT2D eigenvalue weighted by Gasteiger charge is -2.22. The zero-order chi connectivity index (χ0) is 7.19. The molecule has 1 unspecified atom stereocenters. The van der Waals surface area contributed by atoms with E-state index in [-0.39, 0.29) is 0 Å². The summed E-state index contributed by atoms with van der Waals surface area (Å²) in [6.07, 6.45) is 0.738. The van der Waals surface area contributed by atoms with Crippen molar-refractivity contribution >= 4 is 5.97 Å². The number of carboxylic acid groups (broad SMARTS) is 1. The number of hydrogen-bond acceptors (Lipinski definition) is 3. The Morgan fingerprint density at radius 2 is 2.50 bits per heavy atom. The molecule has 0 saturated carbocycles. The Morgan fingerprint density at radius 3 is 2.70 bits per heavy atom. The molecule has 0 spiro atoms. The molecule has 0 aliphatic carbocycles. The predicted octanol–water partition coefficient (Wildman–Crippen LogP) is -1.23. The number of hydrogen-bond donors (Lipinski definition) is 3. The molecule has 2 saturated heterocycles. The molecule has 0 radical (unpaired) electrons. The van der Waals surface area contributed by atoms with E-state index in [4.69, 9.17) is 5.11 Å². The normalized spacial score (nSPS) is 44.2. The van der Waals surface area contributed by atoms with E-state index in [1.54, 1.807) is 0 Å². The topological polar surface area (TPSA) is 61.4 Å². The molecular weight excluding hydrogens is 132 g/mol. The molecule has 3 N–H and O–H groups in total. The van der Waals surface area contributed by atoms with E-state index in [1.165, 1.54) is 0 Å². The molecule has 0 aromatic heterocycles. The molecule has 10 heavy (non-hydrogen) atoms. The molecule has 2 atom stereocenters. The average Bonchev–Trinajstić information content (AvgIpc) is 2.45. The van der Waals surface area contributed by atoms with Gasteiger partial charge in [-0.1, -0.05) is 0 Å². The van der Waals surface area contributed by atoms with Crippen LogP contribution in [0.3, 0.4) is 0 Å². The van der Waals surface area contributed by atoms with Gasteiger partial charge in [0, 0.05) is 19.1 Å². The SMILES string of the molecule is O=C(O)C12CN[C@@H](CN1)C2. The van der Waals surface area contributed by atoms with Crippen molar-refractivity contribution in [3.63, 3.8) is 0 Å². The van der Waals surface area contributed by atoms with Crippen LogP contribution in [0.1, 0.15) is 6.42 Å². The van der Waals surface area contributed by atoms with Crippen LogP contribution in [0.4, 0.5) is 0 Å². The van der Waals surface area contributed by atoms with Gasteiger partial charge >= 0.3 is 5.97 Å². The Kier molecular flexibility index (Phi) is 1.04. The molecule has 0 aromatic carbocycles. The van der Waals surface area contributed by atoms with Crippen molar-refractivity contribution in [2.24, 2.45) is 0 Å². The molecule has 56 valence electrons. The second kappa shape index (κ2) is 1.71. The van der Waals surface area contributed by atoms with Gasteiger partial charge in [-0.25, -0.2) is 0 Å². The van der Waals surface area contributed by atoms with Gasteiger partial charge in [0.25, 0.3) is 0 Å². The third-order valence-electron chi connectivity index (χ3n) is 2.38. The minimum Gasteiger partial charge on any atom is -0.480 e. The van der Waals surface area contributed by atoms with Crippen LogP contribution in [0.2, 0.25) is 0 Å². The summed E-state index contributed by atoms with van der Waals surface area (Å²) < 4.78 is 0. The molecule has 2 bridgehead atoms. The zero-order valence-electron chi connectivity index (χ0n) is 5.55. The third-order valence-corrected chi connectivity index (χ3v) is 2.38. The third kappa shape index (κ3) is 0.602. The molecule has 0 amide bonds. The molecule has 2 fully saturated rings. The Balaban J connectivity index is 2.23. The number of piperazine rings is 1. The summed E-state index contributed by atoms with van der Waals surface area (Å²) >= 11 is 0. The van der Waals surface area contributed by atoms with E-state index < -0.39 is 11.5 Å². The highest BCUT2D eigenvalue weighted by Gasteiger charge is 2.50. The first kappa shape index (κ1) is 6.12. The van der Waals surface area contributed by atoms with Crippen LogP contribution < -0.4 is 10.6 Å². The maximum absolute atomic E-state index is 10.7. The van der Waals surface area contributed by atoms with Crippen molar-refractivity contribution in [1.82, 2.24) is 10.6 Å². The minimum absolute atomic E-state index is 0.385. The molecule has 2 rings (SSSR count). The maximum atomic E-state index is 10.7. The quantitative estimate of drug-likeness (QED) is 0.429. The first-order valence-electron chi connectivity index (χ1n) is 3.45. The van der Waals surface area contributed by atoms with E-state index in [2.05, 4.69) is 10.6 Å². The summed E-state index contributed by atoms with van der Waals surface area (Å²) in [5.41, 5.74) is -0.634. The highest BCUT2D eigenvalue weighted by molar-refractivity contribution is 5.80. The van der Waals surface area contributed by atoms with Crippen LogP contribution in [0.25, 0.3) is 0 Å². The van der Waals surface area contributed by atoms with Crippen LogP contribution in [-0.2, 0) is 4.79 Å². The maximum Gasteiger partial charge on any atom is 0.325 e. The summed E-state index contributed by atoms with van der Waals surface area (Å²) in [5, 5.41) is 14.9. The lowest BCUT2D eigenvalue weighted by atomic mass is 10.0. The van der Waals surface area contributed by atoms with Crippen LogP contribution in [0, 0.1) is 0 Å². The van der Waals surface area contributed by atoms with E-state index in [9.17, 15) is 4.79 Å². The summed E-state index contributed by atoms with van der Waals surface area (Å²) in [6, 6.07) is 0.385. The summed E-state index contributed by atoms with van der Waals surface area (Å²) in [7, 11) is 0. The molecule has 0 aromatic rings. The van der Waals surface area contributed by atoms with Gasteiger partial charge in [0.2, 0.25) is 0 Å². The van der Waals surface area contributed by atoms with Crippen molar-refractivity contribution in [3.8, 4) is 0 Å². The van der Waals surface area contributed by atoms with Crippen LogP contribution >= 0.6 is 0 Å². The number of nitrogens with one attached hydrogen (secondary N) is 2. The van der Waals surface area contributed by atoms with E-state index in [0.717, 1.165) is 13.0 Å². The summed E-state index contributed by atoms with van der Waals surface area (Å²) in [6.45, 7) is 1.37.